The summed E-state index contributed by atoms with van der Waals surface area (Å²) in [5.41, 5.74) is 3.14. The first-order valence-electron chi connectivity index (χ1n) is 8.91. The zero-order valence-corrected chi connectivity index (χ0v) is 16.8. The van der Waals surface area contributed by atoms with Gasteiger partial charge < -0.3 is 4.90 Å². The van der Waals surface area contributed by atoms with Gasteiger partial charge in [-0.1, -0.05) is 53.5 Å². The maximum Gasteiger partial charge on any atom is 0.227 e. The monoisotopic (exact) mass is 401 g/mol. The van der Waals surface area contributed by atoms with Crippen molar-refractivity contribution < 1.29 is 4.79 Å². The molecular weight excluding hydrogens is 381 g/mol. The molecule has 0 fully saturated rings. The largest absolute Gasteiger partial charge is 0.343 e. The Hall–Kier alpha value is -2.30. The molecule has 0 aliphatic carbocycles. The van der Waals surface area contributed by atoms with E-state index in [2.05, 4.69) is 0 Å². The second kappa shape index (κ2) is 8.59. The van der Waals surface area contributed by atoms with Gasteiger partial charge >= 0.3 is 0 Å². The van der Waals surface area contributed by atoms with Crippen LogP contribution in [0.3, 0.4) is 0 Å². The fraction of sp³-hybridized carbons (Fsp3) is 0.238. The molecule has 3 aromatic rings. The van der Waals surface area contributed by atoms with Gasteiger partial charge in [0.15, 0.2) is 0 Å². The lowest BCUT2D eigenvalue weighted by Crippen LogP contribution is -2.31. The molecule has 4 nitrogen and oxygen atoms in total. The number of aromatic nitrogens is 2. The minimum Gasteiger partial charge on any atom is -0.343 e. The van der Waals surface area contributed by atoms with E-state index >= 15 is 0 Å². The lowest BCUT2D eigenvalue weighted by atomic mass is 10.1. The molecule has 1 aromatic heterocycles. The predicted molar refractivity (Wildman–Crippen MR) is 111 cm³/mol. The van der Waals surface area contributed by atoms with Crippen LogP contribution < -0.4 is 0 Å². The highest BCUT2D eigenvalue weighted by Gasteiger charge is 2.22. The number of likely N-dealkylation sites (N-methyl/N-ethyl adjacent to an activating group) is 1. The van der Waals surface area contributed by atoms with E-state index in [1.54, 1.807) is 9.58 Å². The molecule has 2 aromatic carbocycles. The fourth-order valence-corrected chi connectivity index (χ4v) is 3.42. The predicted octanol–water partition coefficient (Wildman–Crippen LogP) is 5.26. The quantitative estimate of drug-likeness (QED) is 0.564. The number of hydrogen-bond acceptors (Lipinski definition) is 2. The number of amides is 1. The third-order valence-corrected chi connectivity index (χ3v) is 5.12. The summed E-state index contributed by atoms with van der Waals surface area (Å²) in [6.45, 7) is 5.26. The molecule has 6 heteroatoms. The summed E-state index contributed by atoms with van der Waals surface area (Å²) in [7, 11) is 0. The molecular formula is C21H21Cl2N3O. The van der Waals surface area contributed by atoms with Crippen LogP contribution in [0.5, 0.6) is 0 Å². The van der Waals surface area contributed by atoms with Crippen LogP contribution in [-0.2, 0) is 11.2 Å². The molecule has 0 aliphatic rings. The van der Waals surface area contributed by atoms with Crippen molar-refractivity contribution in [3.05, 3.63) is 70.3 Å². The van der Waals surface area contributed by atoms with Crippen LogP contribution in [-0.4, -0.2) is 33.7 Å². The number of benzene rings is 2. The molecule has 0 saturated carbocycles. The van der Waals surface area contributed by atoms with E-state index in [1.165, 1.54) is 0 Å². The van der Waals surface area contributed by atoms with E-state index in [-0.39, 0.29) is 12.3 Å². The highest BCUT2D eigenvalue weighted by Crippen LogP contribution is 2.32. The van der Waals surface area contributed by atoms with Crippen LogP contribution in [0.2, 0.25) is 10.2 Å². The van der Waals surface area contributed by atoms with Crippen molar-refractivity contribution in [3.63, 3.8) is 0 Å². The number of carbonyl (C=O) groups excluding carboxylic acids is 1. The normalized spacial score (nSPS) is 10.8. The Bertz CT molecular complexity index is 917. The molecule has 0 aliphatic heterocycles. The van der Waals surface area contributed by atoms with E-state index in [1.807, 2.05) is 68.4 Å². The van der Waals surface area contributed by atoms with Gasteiger partial charge in [0.05, 0.1) is 17.8 Å². The Kier molecular flexibility index (Phi) is 6.19. The molecule has 0 saturated heterocycles. The van der Waals surface area contributed by atoms with E-state index in [4.69, 9.17) is 28.3 Å². The second-order valence-electron chi connectivity index (χ2n) is 6.12. The fourth-order valence-electron chi connectivity index (χ4n) is 3.01. The summed E-state index contributed by atoms with van der Waals surface area (Å²) in [5, 5.41) is 5.81. The van der Waals surface area contributed by atoms with Gasteiger partial charge in [-0.15, -0.1) is 0 Å². The van der Waals surface area contributed by atoms with Crippen LogP contribution in [0.4, 0.5) is 0 Å². The van der Waals surface area contributed by atoms with E-state index in [9.17, 15) is 4.79 Å². The lowest BCUT2D eigenvalue weighted by Gasteiger charge is -2.18. The van der Waals surface area contributed by atoms with Gasteiger partial charge in [0.2, 0.25) is 5.91 Å². The van der Waals surface area contributed by atoms with Gasteiger partial charge in [-0.3, -0.25) is 4.79 Å². The highest BCUT2D eigenvalue weighted by atomic mass is 35.5. The summed E-state index contributed by atoms with van der Waals surface area (Å²) in [6.07, 6.45) is 0.200. The van der Waals surface area contributed by atoms with Crippen molar-refractivity contribution in [2.75, 3.05) is 13.1 Å². The third-order valence-electron chi connectivity index (χ3n) is 4.48. The summed E-state index contributed by atoms with van der Waals surface area (Å²) >= 11 is 12.7. The smallest absolute Gasteiger partial charge is 0.227 e. The van der Waals surface area contributed by atoms with Gasteiger partial charge in [0, 0.05) is 29.2 Å². The van der Waals surface area contributed by atoms with Gasteiger partial charge in [-0.2, -0.15) is 5.10 Å². The summed E-state index contributed by atoms with van der Waals surface area (Å²) in [5.74, 6) is 0.0322. The Labute approximate surface area is 169 Å². The van der Waals surface area contributed by atoms with Crippen molar-refractivity contribution in [1.29, 1.82) is 0 Å². The summed E-state index contributed by atoms with van der Waals surface area (Å²) in [6, 6.07) is 17.0. The number of halogens is 2. The Morgan fingerprint density at radius 3 is 2.22 bits per heavy atom. The first kappa shape index (κ1) is 19.5. The average Bonchev–Trinajstić information content (AvgIpc) is 3.00. The van der Waals surface area contributed by atoms with Crippen molar-refractivity contribution in [3.8, 4) is 16.9 Å². The van der Waals surface area contributed by atoms with Gasteiger partial charge in [-0.25, -0.2) is 4.68 Å². The van der Waals surface area contributed by atoms with Crippen molar-refractivity contribution >= 4 is 29.1 Å². The molecule has 0 unspecified atom stereocenters. The van der Waals surface area contributed by atoms with Crippen molar-refractivity contribution in [2.24, 2.45) is 0 Å². The number of rotatable bonds is 6. The maximum absolute atomic E-state index is 12.7. The number of carbonyl (C=O) groups is 1. The van der Waals surface area contributed by atoms with E-state index in [0.29, 0.717) is 29.0 Å². The lowest BCUT2D eigenvalue weighted by molar-refractivity contribution is -0.130. The van der Waals surface area contributed by atoms with E-state index < -0.39 is 0 Å². The second-order valence-corrected chi connectivity index (χ2v) is 6.91. The third kappa shape index (κ3) is 4.18. The molecule has 0 spiro atoms. The van der Waals surface area contributed by atoms with Crippen LogP contribution in [0.1, 0.15) is 19.4 Å². The first-order valence-corrected chi connectivity index (χ1v) is 9.67. The maximum atomic E-state index is 12.7. The summed E-state index contributed by atoms with van der Waals surface area (Å²) in [4.78, 5) is 14.5. The first-order chi connectivity index (χ1) is 13.0. The molecule has 140 valence electrons. The molecule has 0 bridgehead atoms. The molecule has 1 amide bonds. The van der Waals surface area contributed by atoms with Crippen molar-refractivity contribution in [2.45, 2.75) is 20.3 Å². The molecule has 1 heterocycles. The average molecular weight is 402 g/mol. The molecule has 0 radical (unpaired) electrons. The Morgan fingerprint density at radius 2 is 1.63 bits per heavy atom. The Morgan fingerprint density at radius 1 is 1.00 bits per heavy atom. The van der Waals surface area contributed by atoms with Gasteiger partial charge in [0.25, 0.3) is 0 Å². The van der Waals surface area contributed by atoms with Gasteiger partial charge in [0.1, 0.15) is 5.15 Å². The summed E-state index contributed by atoms with van der Waals surface area (Å²) < 4.78 is 1.68. The highest BCUT2D eigenvalue weighted by molar-refractivity contribution is 6.31. The number of nitrogens with zero attached hydrogens (tertiary/aromatic N) is 3. The SMILES string of the molecule is CCN(CC)C(=O)Cc1c(-c2ccc(Cl)cc2)nn(-c2ccccc2)c1Cl. The zero-order valence-electron chi connectivity index (χ0n) is 15.3. The number of para-hydroxylation sites is 1. The topological polar surface area (TPSA) is 38.1 Å². The van der Waals surface area contributed by atoms with Gasteiger partial charge in [-0.05, 0) is 38.1 Å². The minimum atomic E-state index is 0.0322. The Balaban J connectivity index is 2.10. The zero-order chi connectivity index (χ0) is 19.4. The van der Waals surface area contributed by atoms with Crippen LogP contribution in [0, 0.1) is 0 Å². The van der Waals surface area contributed by atoms with E-state index in [0.717, 1.165) is 16.8 Å². The van der Waals surface area contributed by atoms with Crippen LogP contribution >= 0.6 is 23.2 Å². The van der Waals surface area contributed by atoms with Crippen LogP contribution in [0.15, 0.2) is 54.6 Å². The molecule has 0 N–H and O–H groups in total. The van der Waals surface area contributed by atoms with Crippen molar-refractivity contribution in [1.82, 2.24) is 14.7 Å². The number of hydrogen-bond donors (Lipinski definition) is 0. The minimum absolute atomic E-state index is 0.0322. The van der Waals surface area contributed by atoms with Crippen LogP contribution in [0.25, 0.3) is 16.9 Å². The molecule has 27 heavy (non-hydrogen) atoms. The molecule has 0 atom stereocenters. The molecule has 3 rings (SSSR count). The standard InChI is InChI=1S/C21H21Cl2N3O/c1-3-25(4-2)19(27)14-18-20(15-10-12-16(22)13-11-15)24-26(21(18)23)17-8-6-5-7-9-17/h5-13H,3-4,14H2,1-2H3.